The molecule has 0 saturated carbocycles. The molecule has 0 atom stereocenters. The third-order valence-corrected chi connectivity index (χ3v) is 5.39. The molecule has 0 aliphatic heterocycles. The van der Waals surface area contributed by atoms with Gasteiger partial charge in [0.05, 0.1) is 0 Å². The summed E-state index contributed by atoms with van der Waals surface area (Å²) in [6.07, 6.45) is 0. The maximum absolute atomic E-state index is 6.05. The zero-order valence-corrected chi connectivity index (χ0v) is 15.9. The topological polar surface area (TPSA) is 0 Å². The standard InChI is InChI=1S/C22H20Cl2/c1-13-14(2)22(18-7-11-20(24)12-8-18)16(4)15(3)21(13)17-5-9-19(23)10-6-17/h5-12H,1-4H3. The van der Waals surface area contributed by atoms with E-state index in [2.05, 4.69) is 52.0 Å². The summed E-state index contributed by atoms with van der Waals surface area (Å²) in [6.45, 7) is 8.80. The maximum atomic E-state index is 6.05. The number of hydrogen-bond donors (Lipinski definition) is 0. The Morgan fingerprint density at radius 1 is 0.458 bits per heavy atom. The summed E-state index contributed by atoms with van der Waals surface area (Å²) in [5.41, 5.74) is 10.3. The molecule has 0 saturated heterocycles. The van der Waals surface area contributed by atoms with E-state index in [-0.39, 0.29) is 0 Å². The first-order valence-corrected chi connectivity index (χ1v) is 8.78. The Balaban J connectivity index is 2.26. The molecule has 122 valence electrons. The van der Waals surface area contributed by atoms with E-state index in [0.29, 0.717) is 0 Å². The Kier molecular flexibility index (Phi) is 4.71. The second kappa shape index (κ2) is 6.63. The Morgan fingerprint density at radius 3 is 0.958 bits per heavy atom. The van der Waals surface area contributed by atoms with E-state index >= 15 is 0 Å². The molecule has 0 unspecified atom stereocenters. The smallest absolute Gasteiger partial charge is 0.0406 e. The molecule has 0 aromatic heterocycles. The molecule has 0 aliphatic carbocycles. The molecule has 3 aromatic carbocycles. The molecule has 0 heterocycles. The largest absolute Gasteiger partial charge is 0.0843 e. The van der Waals surface area contributed by atoms with E-state index in [4.69, 9.17) is 23.2 Å². The van der Waals surface area contributed by atoms with Gasteiger partial charge in [-0.1, -0.05) is 47.5 Å². The summed E-state index contributed by atoms with van der Waals surface area (Å²) < 4.78 is 0. The van der Waals surface area contributed by atoms with Gasteiger partial charge in [-0.15, -0.1) is 0 Å². The number of rotatable bonds is 2. The molecule has 0 radical (unpaired) electrons. The highest BCUT2D eigenvalue weighted by atomic mass is 35.5. The minimum absolute atomic E-state index is 0.764. The molecule has 0 bridgehead atoms. The van der Waals surface area contributed by atoms with Crippen molar-refractivity contribution in [3.05, 3.63) is 80.8 Å². The van der Waals surface area contributed by atoms with Crippen molar-refractivity contribution in [3.8, 4) is 22.3 Å². The van der Waals surface area contributed by atoms with E-state index in [1.807, 2.05) is 24.3 Å². The highest BCUT2D eigenvalue weighted by Gasteiger charge is 2.17. The lowest BCUT2D eigenvalue weighted by Gasteiger charge is -2.21. The van der Waals surface area contributed by atoms with Gasteiger partial charge in [0.25, 0.3) is 0 Å². The van der Waals surface area contributed by atoms with Crippen molar-refractivity contribution < 1.29 is 0 Å². The molecule has 0 N–H and O–H groups in total. The summed E-state index contributed by atoms with van der Waals surface area (Å²) in [4.78, 5) is 0. The molecule has 3 rings (SSSR count). The molecule has 0 aliphatic rings. The lowest BCUT2D eigenvalue weighted by molar-refractivity contribution is 1.25. The fraction of sp³-hybridized carbons (Fsp3) is 0.182. The summed E-state index contributed by atoms with van der Waals surface area (Å²) in [5, 5.41) is 1.53. The van der Waals surface area contributed by atoms with Crippen molar-refractivity contribution in [3.63, 3.8) is 0 Å². The predicted octanol–water partition coefficient (Wildman–Crippen LogP) is 7.56. The first-order chi connectivity index (χ1) is 11.4. The normalized spacial score (nSPS) is 10.9. The molecular weight excluding hydrogens is 335 g/mol. The van der Waals surface area contributed by atoms with Gasteiger partial charge >= 0.3 is 0 Å². The molecule has 0 fully saturated rings. The molecule has 2 heteroatoms. The van der Waals surface area contributed by atoms with Crippen molar-refractivity contribution in [2.45, 2.75) is 27.7 Å². The maximum Gasteiger partial charge on any atom is 0.0406 e. The average molecular weight is 355 g/mol. The van der Waals surface area contributed by atoms with E-state index in [1.165, 1.54) is 44.5 Å². The van der Waals surface area contributed by atoms with Crippen LogP contribution < -0.4 is 0 Å². The first-order valence-electron chi connectivity index (χ1n) is 8.02. The summed E-state index contributed by atoms with van der Waals surface area (Å²) in [7, 11) is 0. The average Bonchev–Trinajstić information content (AvgIpc) is 2.57. The first kappa shape index (κ1) is 17.1. The minimum Gasteiger partial charge on any atom is -0.0843 e. The molecular formula is C22H20Cl2. The fourth-order valence-corrected chi connectivity index (χ4v) is 3.66. The molecule has 3 aromatic rings. The van der Waals surface area contributed by atoms with Crippen molar-refractivity contribution in [1.29, 1.82) is 0 Å². The number of halogens is 2. The zero-order chi connectivity index (χ0) is 17.4. The van der Waals surface area contributed by atoms with Gasteiger partial charge in [0, 0.05) is 10.0 Å². The van der Waals surface area contributed by atoms with Gasteiger partial charge in [0.15, 0.2) is 0 Å². The van der Waals surface area contributed by atoms with Crippen LogP contribution in [-0.4, -0.2) is 0 Å². The third kappa shape index (κ3) is 2.97. The summed E-state index contributed by atoms with van der Waals surface area (Å²) >= 11 is 12.1. The van der Waals surface area contributed by atoms with Gasteiger partial charge in [-0.25, -0.2) is 0 Å². The number of benzene rings is 3. The van der Waals surface area contributed by atoms with Gasteiger partial charge in [0.1, 0.15) is 0 Å². The predicted molar refractivity (Wildman–Crippen MR) is 106 cm³/mol. The van der Waals surface area contributed by atoms with Gasteiger partial charge in [-0.2, -0.15) is 0 Å². The van der Waals surface area contributed by atoms with Gasteiger partial charge < -0.3 is 0 Å². The molecule has 0 nitrogen and oxygen atoms in total. The van der Waals surface area contributed by atoms with E-state index < -0.39 is 0 Å². The van der Waals surface area contributed by atoms with E-state index in [1.54, 1.807) is 0 Å². The Hall–Kier alpha value is -1.76. The molecule has 0 spiro atoms. The minimum atomic E-state index is 0.764. The summed E-state index contributed by atoms with van der Waals surface area (Å²) in [5.74, 6) is 0. The van der Waals surface area contributed by atoms with Gasteiger partial charge in [0.2, 0.25) is 0 Å². The van der Waals surface area contributed by atoms with E-state index in [0.717, 1.165) is 10.0 Å². The van der Waals surface area contributed by atoms with Crippen LogP contribution in [0.3, 0.4) is 0 Å². The van der Waals surface area contributed by atoms with Crippen LogP contribution in [0.5, 0.6) is 0 Å². The second-order valence-corrected chi connectivity index (χ2v) is 7.14. The molecule has 24 heavy (non-hydrogen) atoms. The number of hydrogen-bond acceptors (Lipinski definition) is 0. The van der Waals surface area contributed by atoms with Crippen LogP contribution in [0.4, 0.5) is 0 Å². The van der Waals surface area contributed by atoms with Crippen molar-refractivity contribution in [2.24, 2.45) is 0 Å². The highest BCUT2D eigenvalue weighted by Crippen LogP contribution is 2.39. The van der Waals surface area contributed by atoms with Crippen LogP contribution in [-0.2, 0) is 0 Å². The van der Waals surface area contributed by atoms with Crippen LogP contribution >= 0.6 is 23.2 Å². The van der Waals surface area contributed by atoms with Crippen LogP contribution in [0.1, 0.15) is 22.3 Å². The lowest BCUT2D eigenvalue weighted by Crippen LogP contribution is -2.00. The second-order valence-electron chi connectivity index (χ2n) is 6.26. The van der Waals surface area contributed by atoms with Crippen molar-refractivity contribution >= 4 is 23.2 Å². The van der Waals surface area contributed by atoms with Crippen LogP contribution in [0.2, 0.25) is 10.0 Å². The van der Waals surface area contributed by atoms with Crippen LogP contribution in [0, 0.1) is 27.7 Å². The molecule has 0 amide bonds. The lowest BCUT2D eigenvalue weighted by atomic mass is 9.83. The Labute approximate surface area is 154 Å². The van der Waals surface area contributed by atoms with Crippen LogP contribution in [0.25, 0.3) is 22.3 Å². The van der Waals surface area contributed by atoms with Gasteiger partial charge in [-0.05, 0) is 96.5 Å². The zero-order valence-electron chi connectivity index (χ0n) is 14.4. The van der Waals surface area contributed by atoms with Crippen molar-refractivity contribution in [1.82, 2.24) is 0 Å². The quantitative estimate of drug-likeness (QED) is 0.445. The third-order valence-electron chi connectivity index (χ3n) is 4.89. The van der Waals surface area contributed by atoms with E-state index in [9.17, 15) is 0 Å². The van der Waals surface area contributed by atoms with Crippen LogP contribution in [0.15, 0.2) is 48.5 Å². The summed E-state index contributed by atoms with van der Waals surface area (Å²) in [6, 6.07) is 16.2. The van der Waals surface area contributed by atoms with Gasteiger partial charge in [-0.3, -0.25) is 0 Å². The Morgan fingerprint density at radius 2 is 0.708 bits per heavy atom. The monoisotopic (exact) mass is 354 g/mol. The fourth-order valence-electron chi connectivity index (χ4n) is 3.41. The SMILES string of the molecule is Cc1c(C)c(-c2ccc(Cl)cc2)c(C)c(C)c1-c1ccc(Cl)cc1. The highest BCUT2D eigenvalue weighted by molar-refractivity contribution is 6.31. The Bertz CT molecular complexity index is 783. The van der Waals surface area contributed by atoms with Crippen molar-refractivity contribution in [2.75, 3.05) is 0 Å².